The summed E-state index contributed by atoms with van der Waals surface area (Å²) in [7, 11) is 0. The summed E-state index contributed by atoms with van der Waals surface area (Å²) in [6.07, 6.45) is 0. The molecule has 0 radical (unpaired) electrons. The van der Waals surface area contributed by atoms with E-state index < -0.39 is 0 Å². The fraction of sp³-hybridized carbons (Fsp3) is 0.600. The van der Waals surface area contributed by atoms with Gasteiger partial charge in [-0.2, -0.15) is 0 Å². The molecule has 0 amide bonds. The SMILES string of the molecule is CCOc1ccc([N+](=O)[O-])cc1CN1CCNC(C)(C)C1. The zero-order chi connectivity index (χ0) is 15.5. The van der Waals surface area contributed by atoms with Gasteiger partial charge in [0.15, 0.2) is 0 Å². The molecular formula is C15H23N3O3. The first-order chi connectivity index (χ1) is 9.91. The number of non-ortho nitro benzene ring substituents is 1. The topological polar surface area (TPSA) is 67.6 Å². The molecule has 1 saturated heterocycles. The van der Waals surface area contributed by atoms with Gasteiger partial charge in [0.25, 0.3) is 5.69 Å². The van der Waals surface area contributed by atoms with Gasteiger partial charge in [0, 0.05) is 49.4 Å². The Morgan fingerprint density at radius 1 is 1.48 bits per heavy atom. The van der Waals surface area contributed by atoms with E-state index in [-0.39, 0.29) is 16.1 Å². The van der Waals surface area contributed by atoms with E-state index in [0.717, 1.165) is 30.9 Å². The van der Waals surface area contributed by atoms with Crippen molar-refractivity contribution in [3.05, 3.63) is 33.9 Å². The van der Waals surface area contributed by atoms with E-state index in [9.17, 15) is 10.1 Å². The Hall–Kier alpha value is -1.66. The number of piperazine rings is 1. The third-order valence-electron chi connectivity index (χ3n) is 3.60. The highest BCUT2D eigenvalue weighted by Crippen LogP contribution is 2.26. The van der Waals surface area contributed by atoms with E-state index >= 15 is 0 Å². The first-order valence-electron chi connectivity index (χ1n) is 7.29. The summed E-state index contributed by atoms with van der Waals surface area (Å²) in [4.78, 5) is 12.9. The third-order valence-corrected chi connectivity index (χ3v) is 3.60. The first-order valence-corrected chi connectivity index (χ1v) is 7.29. The van der Waals surface area contributed by atoms with Crippen LogP contribution >= 0.6 is 0 Å². The third kappa shape index (κ3) is 4.15. The fourth-order valence-corrected chi connectivity index (χ4v) is 2.72. The van der Waals surface area contributed by atoms with Crippen LogP contribution in [0.25, 0.3) is 0 Å². The molecule has 1 aliphatic heterocycles. The van der Waals surface area contributed by atoms with Gasteiger partial charge in [-0.1, -0.05) is 0 Å². The minimum atomic E-state index is -0.360. The normalized spacial score (nSPS) is 18.4. The van der Waals surface area contributed by atoms with Crippen LogP contribution < -0.4 is 10.1 Å². The second-order valence-electron chi connectivity index (χ2n) is 6.00. The molecule has 116 valence electrons. The molecule has 0 spiro atoms. The number of hydrogen-bond donors (Lipinski definition) is 1. The lowest BCUT2D eigenvalue weighted by Crippen LogP contribution is -2.56. The molecule has 6 heteroatoms. The number of benzene rings is 1. The van der Waals surface area contributed by atoms with Crippen molar-refractivity contribution < 1.29 is 9.66 Å². The van der Waals surface area contributed by atoms with Gasteiger partial charge in [-0.25, -0.2) is 0 Å². The number of nitro groups is 1. The number of nitrogens with one attached hydrogen (secondary N) is 1. The maximum absolute atomic E-state index is 11.0. The van der Waals surface area contributed by atoms with Crippen molar-refractivity contribution in [2.24, 2.45) is 0 Å². The van der Waals surface area contributed by atoms with Crippen LogP contribution in [0.5, 0.6) is 5.75 Å². The van der Waals surface area contributed by atoms with Crippen LogP contribution in [-0.4, -0.2) is 41.6 Å². The summed E-state index contributed by atoms with van der Waals surface area (Å²) in [5.74, 6) is 0.736. The molecule has 1 aliphatic rings. The van der Waals surface area contributed by atoms with E-state index in [1.807, 2.05) is 6.92 Å². The van der Waals surface area contributed by atoms with Gasteiger partial charge in [0.05, 0.1) is 11.5 Å². The average molecular weight is 293 g/mol. The maximum atomic E-state index is 11.0. The van der Waals surface area contributed by atoms with E-state index in [0.29, 0.717) is 13.2 Å². The summed E-state index contributed by atoms with van der Waals surface area (Å²) >= 11 is 0. The molecule has 1 aromatic carbocycles. The molecule has 1 N–H and O–H groups in total. The number of nitrogens with zero attached hydrogens (tertiary/aromatic N) is 2. The minimum absolute atomic E-state index is 0.0603. The van der Waals surface area contributed by atoms with Gasteiger partial charge in [-0.3, -0.25) is 15.0 Å². The molecule has 0 aromatic heterocycles. The Kier molecular flexibility index (Phi) is 4.80. The highest BCUT2D eigenvalue weighted by atomic mass is 16.6. The quantitative estimate of drug-likeness (QED) is 0.665. The van der Waals surface area contributed by atoms with Crippen LogP contribution in [0, 0.1) is 10.1 Å². The smallest absolute Gasteiger partial charge is 0.270 e. The van der Waals surface area contributed by atoms with Gasteiger partial charge in [0.1, 0.15) is 5.75 Å². The molecule has 1 heterocycles. The lowest BCUT2D eigenvalue weighted by atomic mass is 10.0. The second-order valence-corrected chi connectivity index (χ2v) is 6.00. The van der Waals surface area contributed by atoms with Crippen molar-refractivity contribution in [3.63, 3.8) is 0 Å². The Morgan fingerprint density at radius 2 is 2.24 bits per heavy atom. The number of rotatable bonds is 5. The van der Waals surface area contributed by atoms with Crippen molar-refractivity contribution in [3.8, 4) is 5.75 Å². The van der Waals surface area contributed by atoms with Gasteiger partial charge >= 0.3 is 0 Å². The molecule has 6 nitrogen and oxygen atoms in total. The minimum Gasteiger partial charge on any atom is -0.494 e. The first kappa shape index (κ1) is 15.7. The van der Waals surface area contributed by atoms with E-state index in [1.165, 1.54) is 6.07 Å². The van der Waals surface area contributed by atoms with Crippen molar-refractivity contribution in [1.29, 1.82) is 0 Å². The van der Waals surface area contributed by atoms with Gasteiger partial charge in [0.2, 0.25) is 0 Å². The molecule has 1 aromatic rings. The lowest BCUT2D eigenvalue weighted by Gasteiger charge is -2.39. The van der Waals surface area contributed by atoms with Crippen LogP contribution in [-0.2, 0) is 6.54 Å². The molecule has 0 unspecified atom stereocenters. The molecule has 0 atom stereocenters. The summed E-state index contributed by atoms with van der Waals surface area (Å²) in [6, 6.07) is 4.82. The Bertz CT molecular complexity index is 517. The van der Waals surface area contributed by atoms with Gasteiger partial charge < -0.3 is 10.1 Å². The largest absolute Gasteiger partial charge is 0.494 e. The highest BCUT2D eigenvalue weighted by molar-refractivity contribution is 5.43. The van der Waals surface area contributed by atoms with Gasteiger partial charge in [-0.15, -0.1) is 0 Å². The monoisotopic (exact) mass is 293 g/mol. The lowest BCUT2D eigenvalue weighted by molar-refractivity contribution is -0.385. The van der Waals surface area contributed by atoms with E-state index in [2.05, 4.69) is 24.1 Å². The van der Waals surface area contributed by atoms with Crippen molar-refractivity contribution in [1.82, 2.24) is 10.2 Å². The van der Waals surface area contributed by atoms with Crippen LogP contribution in [0.1, 0.15) is 26.3 Å². The van der Waals surface area contributed by atoms with Crippen LogP contribution in [0.3, 0.4) is 0 Å². The summed E-state index contributed by atoms with van der Waals surface area (Å²) in [5.41, 5.74) is 1.05. The molecule has 0 bridgehead atoms. The zero-order valence-electron chi connectivity index (χ0n) is 12.9. The highest BCUT2D eigenvalue weighted by Gasteiger charge is 2.26. The van der Waals surface area contributed by atoms with E-state index in [4.69, 9.17) is 4.74 Å². The Morgan fingerprint density at radius 3 is 2.86 bits per heavy atom. The molecule has 0 saturated carbocycles. The summed E-state index contributed by atoms with van der Waals surface area (Å²) < 4.78 is 5.60. The van der Waals surface area contributed by atoms with Crippen LogP contribution in [0.2, 0.25) is 0 Å². The predicted molar refractivity (Wildman–Crippen MR) is 81.6 cm³/mol. The molecular weight excluding hydrogens is 270 g/mol. The average Bonchev–Trinajstić information content (AvgIpc) is 2.39. The van der Waals surface area contributed by atoms with E-state index in [1.54, 1.807) is 12.1 Å². The fourth-order valence-electron chi connectivity index (χ4n) is 2.72. The Balaban J connectivity index is 2.20. The summed E-state index contributed by atoms with van der Waals surface area (Å²) in [6.45, 7) is 10.2. The predicted octanol–water partition coefficient (Wildman–Crippen LogP) is 2.18. The second kappa shape index (κ2) is 6.41. The molecule has 21 heavy (non-hydrogen) atoms. The Labute approximate surface area is 125 Å². The molecule has 1 fully saturated rings. The molecule has 2 rings (SSSR count). The zero-order valence-corrected chi connectivity index (χ0v) is 12.9. The van der Waals surface area contributed by atoms with Crippen molar-refractivity contribution in [2.75, 3.05) is 26.2 Å². The number of ether oxygens (including phenoxy) is 1. The van der Waals surface area contributed by atoms with Crippen molar-refractivity contribution in [2.45, 2.75) is 32.9 Å². The summed E-state index contributed by atoms with van der Waals surface area (Å²) in [5, 5.41) is 14.4. The number of nitro benzene ring substituents is 1. The molecule has 0 aliphatic carbocycles. The van der Waals surface area contributed by atoms with Crippen LogP contribution in [0.15, 0.2) is 18.2 Å². The van der Waals surface area contributed by atoms with Gasteiger partial charge in [-0.05, 0) is 26.8 Å². The standard InChI is InChI=1S/C15H23N3O3/c1-4-21-14-6-5-13(18(19)20)9-12(14)10-17-8-7-16-15(2,3)11-17/h5-6,9,16H,4,7-8,10-11H2,1-3H3. The van der Waals surface area contributed by atoms with Crippen LogP contribution in [0.4, 0.5) is 5.69 Å². The van der Waals surface area contributed by atoms with Crippen molar-refractivity contribution >= 4 is 5.69 Å². The number of hydrogen-bond acceptors (Lipinski definition) is 5. The maximum Gasteiger partial charge on any atom is 0.270 e.